The van der Waals surface area contributed by atoms with Crippen LogP contribution in [0.5, 0.6) is 0 Å². The highest BCUT2D eigenvalue weighted by Crippen LogP contribution is 2.23. The van der Waals surface area contributed by atoms with Crippen LogP contribution in [0.3, 0.4) is 0 Å². The summed E-state index contributed by atoms with van der Waals surface area (Å²) < 4.78 is 0. The molecule has 5 heteroatoms. The minimum absolute atomic E-state index is 0.219. The number of nitrogens with zero attached hydrogens (tertiary/aromatic N) is 1. The van der Waals surface area contributed by atoms with Crippen LogP contribution in [-0.2, 0) is 0 Å². The lowest BCUT2D eigenvalue weighted by Gasteiger charge is -2.28. The van der Waals surface area contributed by atoms with Gasteiger partial charge in [0.25, 0.3) is 5.56 Å². The molecule has 1 saturated heterocycles. The Morgan fingerprint density at radius 1 is 1.15 bits per heavy atom. The Labute approximate surface area is 115 Å². The highest BCUT2D eigenvalue weighted by Gasteiger charge is 2.13. The zero-order chi connectivity index (χ0) is 14.1. The van der Waals surface area contributed by atoms with Crippen LogP contribution in [0.1, 0.15) is 29.6 Å². The van der Waals surface area contributed by atoms with Crippen LogP contribution in [0.4, 0.5) is 5.69 Å². The standard InChI is InChI=1S/C15H16N2O3/c18-14-12(15(19)20)8-10-4-5-11(9-13(10)16-14)17-6-2-1-3-7-17/h4-5,8-9H,1-3,6-7H2,(H,16,18)(H,19,20). The molecule has 0 radical (unpaired) electrons. The largest absolute Gasteiger partial charge is 0.477 e. The minimum atomic E-state index is -1.20. The van der Waals surface area contributed by atoms with Gasteiger partial charge in [0, 0.05) is 18.8 Å². The van der Waals surface area contributed by atoms with Crippen molar-refractivity contribution in [3.8, 4) is 0 Å². The van der Waals surface area contributed by atoms with Gasteiger partial charge in [0.1, 0.15) is 5.56 Å². The molecule has 0 aliphatic carbocycles. The van der Waals surface area contributed by atoms with E-state index in [0.717, 1.165) is 24.2 Å². The van der Waals surface area contributed by atoms with Crippen molar-refractivity contribution in [3.05, 3.63) is 40.2 Å². The smallest absolute Gasteiger partial charge is 0.341 e. The number of aromatic amines is 1. The molecule has 0 spiro atoms. The maximum atomic E-state index is 11.7. The number of benzene rings is 1. The van der Waals surface area contributed by atoms with E-state index in [0.29, 0.717) is 5.52 Å². The van der Waals surface area contributed by atoms with Crippen LogP contribution in [0.15, 0.2) is 29.1 Å². The van der Waals surface area contributed by atoms with Crippen LogP contribution in [-0.4, -0.2) is 29.1 Å². The fourth-order valence-electron chi connectivity index (χ4n) is 2.70. The Bertz CT molecular complexity index is 715. The number of pyridine rings is 1. The minimum Gasteiger partial charge on any atom is -0.477 e. The fourth-order valence-corrected chi connectivity index (χ4v) is 2.70. The molecule has 0 bridgehead atoms. The second kappa shape index (κ2) is 5.00. The van der Waals surface area contributed by atoms with E-state index in [-0.39, 0.29) is 5.56 Å². The number of carboxylic acids is 1. The highest BCUT2D eigenvalue weighted by molar-refractivity contribution is 5.93. The molecular weight excluding hydrogens is 256 g/mol. The number of rotatable bonds is 2. The lowest BCUT2D eigenvalue weighted by atomic mass is 10.1. The van der Waals surface area contributed by atoms with Gasteiger partial charge in [-0.2, -0.15) is 0 Å². The Morgan fingerprint density at radius 2 is 1.90 bits per heavy atom. The molecule has 0 atom stereocenters. The molecule has 2 heterocycles. The topological polar surface area (TPSA) is 73.4 Å². The SMILES string of the molecule is O=C(O)c1cc2ccc(N3CCCCC3)cc2[nH]c1=O. The summed E-state index contributed by atoms with van der Waals surface area (Å²) in [6.45, 7) is 2.06. The number of piperidine rings is 1. The van der Waals surface area contributed by atoms with Crippen LogP contribution >= 0.6 is 0 Å². The van der Waals surface area contributed by atoms with Gasteiger partial charge in [0.2, 0.25) is 0 Å². The van der Waals surface area contributed by atoms with E-state index in [1.54, 1.807) is 0 Å². The monoisotopic (exact) mass is 272 g/mol. The zero-order valence-electron chi connectivity index (χ0n) is 11.1. The molecule has 0 unspecified atom stereocenters. The second-order valence-electron chi connectivity index (χ2n) is 5.14. The van der Waals surface area contributed by atoms with Crippen molar-refractivity contribution in [3.63, 3.8) is 0 Å². The van der Waals surface area contributed by atoms with Gasteiger partial charge >= 0.3 is 5.97 Å². The summed E-state index contributed by atoms with van der Waals surface area (Å²) in [6, 6.07) is 7.20. The van der Waals surface area contributed by atoms with Gasteiger partial charge < -0.3 is 15.0 Å². The maximum Gasteiger partial charge on any atom is 0.341 e. The summed E-state index contributed by atoms with van der Waals surface area (Å²) in [6.07, 6.45) is 3.64. The molecule has 5 nitrogen and oxygen atoms in total. The van der Waals surface area contributed by atoms with E-state index >= 15 is 0 Å². The number of fused-ring (bicyclic) bond motifs is 1. The van der Waals surface area contributed by atoms with E-state index in [9.17, 15) is 9.59 Å². The lowest BCUT2D eigenvalue weighted by Crippen LogP contribution is -2.29. The van der Waals surface area contributed by atoms with Crippen LogP contribution in [0, 0.1) is 0 Å². The summed E-state index contributed by atoms with van der Waals surface area (Å²) in [5, 5.41) is 9.69. The second-order valence-corrected chi connectivity index (χ2v) is 5.14. The zero-order valence-corrected chi connectivity index (χ0v) is 11.1. The van der Waals surface area contributed by atoms with Gasteiger partial charge in [-0.1, -0.05) is 6.07 Å². The van der Waals surface area contributed by atoms with Crippen LogP contribution in [0.25, 0.3) is 10.9 Å². The molecule has 0 saturated carbocycles. The number of hydrogen-bond donors (Lipinski definition) is 2. The van der Waals surface area contributed by atoms with Crippen molar-refractivity contribution in [2.45, 2.75) is 19.3 Å². The third-order valence-corrected chi connectivity index (χ3v) is 3.78. The Kier molecular flexibility index (Phi) is 3.18. The van der Waals surface area contributed by atoms with Crippen LogP contribution in [0.2, 0.25) is 0 Å². The molecule has 2 aromatic rings. The fraction of sp³-hybridized carbons (Fsp3) is 0.333. The van der Waals surface area contributed by atoms with Gasteiger partial charge in [-0.05, 0) is 42.8 Å². The van der Waals surface area contributed by atoms with E-state index in [1.165, 1.54) is 25.3 Å². The van der Waals surface area contributed by atoms with Crippen molar-refractivity contribution >= 4 is 22.6 Å². The molecule has 20 heavy (non-hydrogen) atoms. The predicted octanol–water partition coefficient (Wildman–Crippen LogP) is 2.22. The number of aromatic carboxylic acids is 1. The van der Waals surface area contributed by atoms with E-state index in [2.05, 4.69) is 9.88 Å². The van der Waals surface area contributed by atoms with Crippen molar-refractivity contribution in [2.24, 2.45) is 0 Å². The first-order valence-electron chi connectivity index (χ1n) is 6.80. The quantitative estimate of drug-likeness (QED) is 0.879. The molecular formula is C15H16N2O3. The third kappa shape index (κ3) is 2.27. The molecule has 1 aromatic carbocycles. The maximum absolute atomic E-state index is 11.7. The summed E-state index contributed by atoms with van der Waals surface area (Å²) >= 11 is 0. The molecule has 1 aromatic heterocycles. The Hall–Kier alpha value is -2.30. The molecule has 1 aliphatic heterocycles. The van der Waals surface area contributed by atoms with Gasteiger partial charge in [0.05, 0.1) is 5.52 Å². The molecule has 0 amide bonds. The number of nitrogens with one attached hydrogen (secondary N) is 1. The molecule has 2 N–H and O–H groups in total. The van der Waals surface area contributed by atoms with Crippen LogP contribution < -0.4 is 10.5 Å². The normalized spacial score (nSPS) is 15.5. The number of carbonyl (C=O) groups is 1. The first-order chi connectivity index (χ1) is 9.65. The third-order valence-electron chi connectivity index (χ3n) is 3.78. The number of H-pyrrole nitrogens is 1. The first kappa shape index (κ1) is 12.7. The van der Waals surface area contributed by atoms with E-state index in [1.807, 2.05) is 18.2 Å². The average Bonchev–Trinajstić information content (AvgIpc) is 2.46. The number of anilines is 1. The number of aromatic nitrogens is 1. The summed E-state index contributed by atoms with van der Waals surface area (Å²) in [5.74, 6) is -1.20. The summed E-state index contributed by atoms with van der Waals surface area (Å²) in [4.78, 5) is 27.6. The summed E-state index contributed by atoms with van der Waals surface area (Å²) in [5.41, 5.74) is 0.989. The van der Waals surface area contributed by atoms with Gasteiger partial charge in [0.15, 0.2) is 0 Å². The van der Waals surface area contributed by atoms with Gasteiger partial charge in [-0.3, -0.25) is 4.79 Å². The first-order valence-corrected chi connectivity index (χ1v) is 6.80. The Balaban J connectivity index is 2.05. The lowest BCUT2D eigenvalue weighted by molar-refractivity contribution is 0.0695. The van der Waals surface area contributed by atoms with Crippen molar-refractivity contribution in [1.29, 1.82) is 0 Å². The Morgan fingerprint density at radius 3 is 2.60 bits per heavy atom. The van der Waals surface area contributed by atoms with Crippen molar-refractivity contribution in [2.75, 3.05) is 18.0 Å². The predicted molar refractivity (Wildman–Crippen MR) is 77.6 cm³/mol. The molecule has 3 rings (SSSR count). The highest BCUT2D eigenvalue weighted by atomic mass is 16.4. The van der Waals surface area contributed by atoms with Crippen molar-refractivity contribution < 1.29 is 9.90 Å². The number of hydrogen-bond acceptors (Lipinski definition) is 3. The summed E-state index contributed by atoms with van der Waals surface area (Å²) in [7, 11) is 0. The van der Waals surface area contributed by atoms with Crippen molar-refractivity contribution in [1.82, 2.24) is 4.98 Å². The van der Waals surface area contributed by atoms with Gasteiger partial charge in [-0.15, -0.1) is 0 Å². The van der Waals surface area contributed by atoms with Gasteiger partial charge in [-0.25, -0.2) is 4.79 Å². The van der Waals surface area contributed by atoms with E-state index < -0.39 is 11.5 Å². The number of carboxylic acid groups (broad SMARTS) is 1. The molecule has 1 aliphatic rings. The average molecular weight is 272 g/mol. The molecule has 1 fully saturated rings. The van der Waals surface area contributed by atoms with E-state index in [4.69, 9.17) is 5.11 Å². The molecule has 104 valence electrons.